The number of nitrogens with one attached hydrogen (secondary N) is 3. The van der Waals surface area contributed by atoms with Crippen LogP contribution in [-0.2, 0) is 6.54 Å². The summed E-state index contributed by atoms with van der Waals surface area (Å²) in [7, 11) is 0. The lowest BCUT2D eigenvalue weighted by Gasteiger charge is -2.14. The predicted molar refractivity (Wildman–Crippen MR) is 131 cm³/mol. The third-order valence-corrected chi connectivity index (χ3v) is 5.53. The summed E-state index contributed by atoms with van der Waals surface area (Å²) in [6.45, 7) is 4.82. The number of benzene rings is 2. The van der Waals surface area contributed by atoms with Crippen LogP contribution < -0.4 is 20.1 Å². The smallest absolute Gasteiger partial charge is 0.257 e. The normalized spacial score (nSPS) is 12.9. The number of aromatic amines is 1. The van der Waals surface area contributed by atoms with Crippen LogP contribution in [0.3, 0.4) is 0 Å². The summed E-state index contributed by atoms with van der Waals surface area (Å²) in [5.74, 6) is 2.52. The van der Waals surface area contributed by atoms with Gasteiger partial charge in [0, 0.05) is 35.3 Å². The van der Waals surface area contributed by atoms with Gasteiger partial charge in [-0.25, -0.2) is 4.98 Å². The number of amidine groups is 1. The Hall–Kier alpha value is -3.79. The van der Waals surface area contributed by atoms with Gasteiger partial charge < -0.3 is 25.1 Å². The molecule has 176 valence electrons. The molecule has 0 fully saturated rings. The summed E-state index contributed by atoms with van der Waals surface area (Å²) < 4.78 is 11.8. The minimum atomic E-state index is -0.282. The van der Waals surface area contributed by atoms with Gasteiger partial charge in [0.05, 0.1) is 19.2 Å². The monoisotopic (exact) mass is 479 g/mol. The standard InChI is InChI=1S/C24H25N5O4S/c1-15(2)32-19-11-17(23(31)29-24-27-9-10-34-24)12-20(13-19)33-18-5-3-16(4-6-18)22(30)28-14-21-25-7-8-26-21/h3-8,11-13,15H,9-10,14H2,1-2H3,(H,25,26)(H,28,30)(H,27,29,31). The van der Waals surface area contributed by atoms with Gasteiger partial charge in [-0.3, -0.25) is 14.6 Å². The Balaban J connectivity index is 1.45. The van der Waals surface area contributed by atoms with E-state index in [-0.39, 0.29) is 17.9 Å². The van der Waals surface area contributed by atoms with Gasteiger partial charge in [0.25, 0.3) is 11.8 Å². The number of amides is 2. The maximum atomic E-state index is 12.7. The molecule has 9 nitrogen and oxygen atoms in total. The first-order valence-electron chi connectivity index (χ1n) is 10.8. The Kier molecular flexibility index (Phi) is 7.48. The van der Waals surface area contributed by atoms with Gasteiger partial charge in [0.15, 0.2) is 5.17 Å². The van der Waals surface area contributed by atoms with Crippen molar-refractivity contribution in [1.29, 1.82) is 0 Å². The Morgan fingerprint density at radius 3 is 2.53 bits per heavy atom. The number of imidazole rings is 1. The number of carbonyl (C=O) groups excluding carboxylic acids is 2. The van der Waals surface area contributed by atoms with Crippen LogP contribution in [0.15, 0.2) is 59.9 Å². The fourth-order valence-corrected chi connectivity index (χ4v) is 3.88. The number of hydrogen-bond acceptors (Lipinski definition) is 7. The maximum absolute atomic E-state index is 12.7. The SMILES string of the molecule is CC(C)Oc1cc(Oc2ccc(C(=O)NCc3ncc[nH]3)cc2)cc(C(=O)NC2=NCCS2)c1. The van der Waals surface area contributed by atoms with Crippen molar-refractivity contribution >= 4 is 28.7 Å². The molecule has 1 aromatic heterocycles. The van der Waals surface area contributed by atoms with Gasteiger partial charge in [0.2, 0.25) is 0 Å². The maximum Gasteiger partial charge on any atom is 0.257 e. The molecule has 0 saturated heterocycles. The van der Waals surface area contributed by atoms with E-state index in [9.17, 15) is 9.59 Å². The third kappa shape index (κ3) is 6.38. The van der Waals surface area contributed by atoms with Crippen LogP contribution in [0.4, 0.5) is 0 Å². The molecule has 0 unspecified atom stereocenters. The van der Waals surface area contributed by atoms with Crippen LogP contribution in [0, 0.1) is 0 Å². The number of nitrogens with zero attached hydrogens (tertiary/aromatic N) is 2. The van der Waals surface area contributed by atoms with E-state index in [1.807, 2.05) is 13.8 Å². The molecule has 0 radical (unpaired) electrons. The first-order chi connectivity index (χ1) is 16.5. The quantitative estimate of drug-likeness (QED) is 0.453. The number of carbonyl (C=O) groups is 2. The molecule has 3 aromatic rings. The zero-order chi connectivity index (χ0) is 23.9. The number of hydrogen-bond donors (Lipinski definition) is 3. The van der Waals surface area contributed by atoms with Gasteiger partial charge in [-0.1, -0.05) is 11.8 Å². The van der Waals surface area contributed by atoms with Crippen LogP contribution in [0.25, 0.3) is 0 Å². The first-order valence-corrected chi connectivity index (χ1v) is 11.8. The van der Waals surface area contributed by atoms with Crippen LogP contribution >= 0.6 is 11.8 Å². The summed E-state index contributed by atoms with van der Waals surface area (Å²) >= 11 is 1.51. The molecule has 0 atom stereocenters. The van der Waals surface area contributed by atoms with Crippen molar-refractivity contribution in [3.05, 3.63) is 71.8 Å². The van der Waals surface area contributed by atoms with Crippen LogP contribution in [0.1, 0.15) is 40.4 Å². The number of H-pyrrole nitrogens is 1. The van der Waals surface area contributed by atoms with Gasteiger partial charge in [0.1, 0.15) is 23.1 Å². The molecule has 0 bridgehead atoms. The molecule has 34 heavy (non-hydrogen) atoms. The van der Waals surface area contributed by atoms with Crippen molar-refractivity contribution in [1.82, 2.24) is 20.6 Å². The Labute approximate surface area is 201 Å². The molecule has 0 spiro atoms. The lowest BCUT2D eigenvalue weighted by Crippen LogP contribution is -2.27. The lowest BCUT2D eigenvalue weighted by molar-refractivity contribution is 0.0947. The van der Waals surface area contributed by atoms with E-state index in [0.29, 0.717) is 52.5 Å². The Bertz CT molecular complexity index is 1180. The van der Waals surface area contributed by atoms with Gasteiger partial charge in [-0.2, -0.15) is 0 Å². The molecular weight excluding hydrogens is 454 g/mol. The Morgan fingerprint density at radius 2 is 1.85 bits per heavy atom. The second kappa shape index (κ2) is 10.9. The van der Waals surface area contributed by atoms with Gasteiger partial charge in [-0.05, 0) is 50.2 Å². The van der Waals surface area contributed by atoms with Crippen molar-refractivity contribution in [3.63, 3.8) is 0 Å². The fourth-order valence-electron chi connectivity index (χ4n) is 3.15. The first kappa shape index (κ1) is 23.4. The molecule has 1 aliphatic rings. The molecule has 10 heteroatoms. The Morgan fingerprint density at radius 1 is 1.06 bits per heavy atom. The van der Waals surface area contributed by atoms with Gasteiger partial charge in [-0.15, -0.1) is 0 Å². The predicted octanol–water partition coefficient (Wildman–Crippen LogP) is 3.75. The summed E-state index contributed by atoms with van der Waals surface area (Å²) in [6.07, 6.45) is 3.26. The van der Waals surface area contributed by atoms with E-state index < -0.39 is 0 Å². The molecule has 0 saturated carbocycles. The highest BCUT2D eigenvalue weighted by molar-refractivity contribution is 8.14. The molecule has 1 aliphatic heterocycles. The third-order valence-electron chi connectivity index (χ3n) is 4.64. The molecular formula is C24H25N5O4S. The summed E-state index contributed by atoms with van der Waals surface area (Å²) in [5.41, 5.74) is 0.892. The zero-order valence-electron chi connectivity index (χ0n) is 18.8. The fraction of sp³-hybridized carbons (Fsp3) is 0.250. The van der Waals surface area contributed by atoms with E-state index in [1.165, 1.54) is 11.8 Å². The summed E-state index contributed by atoms with van der Waals surface area (Å²) in [4.78, 5) is 36.4. The topological polar surface area (TPSA) is 118 Å². The molecule has 2 aromatic carbocycles. The highest BCUT2D eigenvalue weighted by Gasteiger charge is 2.16. The lowest BCUT2D eigenvalue weighted by atomic mass is 10.1. The highest BCUT2D eigenvalue weighted by atomic mass is 32.2. The molecule has 0 aliphatic carbocycles. The summed E-state index contributed by atoms with van der Waals surface area (Å²) in [5, 5.41) is 6.23. The number of ether oxygens (including phenoxy) is 2. The minimum absolute atomic E-state index is 0.0695. The average molecular weight is 480 g/mol. The van der Waals surface area contributed by atoms with Gasteiger partial charge >= 0.3 is 0 Å². The number of rotatable bonds is 8. The highest BCUT2D eigenvalue weighted by Crippen LogP contribution is 2.28. The van der Waals surface area contributed by atoms with Crippen LogP contribution in [-0.4, -0.2) is 45.4 Å². The van der Waals surface area contributed by atoms with Crippen molar-refractivity contribution < 1.29 is 19.1 Å². The number of aliphatic imine (C=N–C) groups is 1. The average Bonchev–Trinajstić information content (AvgIpc) is 3.52. The van der Waals surface area contributed by atoms with Crippen LogP contribution in [0.2, 0.25) is 0 Å². The molecule has 2 amide bonds. The number of aromatic nitrogens is 2. The minimum Gasteiger partial charge on any atom is -0.491 e. The molecule has 4 rings (SSSR count). The zero-order valence-corrected chi connectivity index (χ0v) is 19.6. The van der Waals surface area contributed by atoms with Crippen molar-refractivity contribution in [2.24, 2.45) is 4.99 Å². The van der Waals surface area contributed by atoms with E-state index in [4.69, 9.17) is 9.47 Å². The second-order valence-electron chi connectivity index (χ2n) is 7.69. The van der Waals surface area contributed by atoms with E-state index in [2.05, 4.69) is 25.6 Å². The largest absolute Gasteiger partial charge is 0.491 e. The molecule has 2 heterocycles. The van der Waals surface area contributed by atoms with E-state index >= 15 is 0 Å². The van der Waals surface area contributed by atoms with E-state index in [0.717, 1.165) is 5.75 Å². The van der Waals surface area contributed by atoms with Crippen LogP contribution in [0.5, 0.6) is 17.2 Å². The summed E-state index contributed by atoms with van der Waals surface area (Å²) in [6, 6.07) is 11.8. The van der Waals surface area contributed by atoms with Crippen molar-refractivity contribution in [3.8, 4) is 17.2 Å². The number of thioether (sulfide) groups is 1. The second-order valence-corrected chi connectivity index (χ2v) is 8.78. The van der Waals surface area contributed by atoms with Crippen molar-refractivity contribution in [2.75, 3.05) is 12.3 Å². The molecule has 3 N–H and O–H groups in total. The van der Waals surface area contributed by atoms with E-state index in [1.54, 1.807) is 54.9 Å². The van der Waals surface area contributed by atoms with Crippen molar-refractivity contribution in [2.45, 2.75) is 26.5 Å².